The van der Waals surface area contributed by atoms with Crippen molar-refractivity contribution in [2.24, 2.45) is 0 Å². The van der Waals surface area contributed by atoms with E-state index in [9.17, 15) is 9.59 Å². The number of nitrogens with zero attached hydrogens (tertiary/aromatic N) is 1. The molecule has 17 heavy (non-hydrogen) atoms. The molecule has 0 aliphatic heterocycles. The van der Waals surface area contributed by atoms with E-state index >= 15 is 0 Å². The maximum absolute atomic E-state index is 11.8. The molecule has 90 valence electrons. The van der Waals surface area contributed by atoms with E-state index in [0.29, 0.717) is 18.5 Å². The summed E-state index contributed by atoms with van der Waals surface area (Å²) in [5.74, 6) is -1.47. The highest BCUT2D eigenvalue weighted by atomic mass is 16.4. The molecule has 1 heterocycles. The van der Waals surface area contributed by atoms with Gasteiger partial charge in [0.15, 0.2) is 0 Å². The van der Waals surface area contributed by atoms with Gasteiger partial charge in [0.25, 0.3) is 5.91 Å². The van der Waals surface area contributed by atoms with E-state index in [1.165, 1.54) is 12.3 Å². The molecule has 1 aromatic heterocycles. The average molecular weight is 235 g/mol. The zero-order chi connectivity index (χ0) is 12.5. The van der Waals surface area contributed by atoms with E-state index < -0.39 is 17.4 Å². The highest BCUT2D eigenvalue weighted by molar-refractivity contribution is 5.96. The Balaban J connectivity index is 2.11. The smallest absolute Gasteiger partial charge is 0.329 e. The first kappa shape index (κ1) is 11.4. The maximum atomic E-state index is 11.8. The number of amides is 1. The van der Waals surface area contributed by atoms with Gasteiger partial charge in [-0.25, -0.2) is 9.78 Å². The zero-order valence-corrected chi connectivity index (χ0v) is 9.14. The minimum absolute atomic E-state index is 0.173. The van der Waals surface area contributed by atoms with Crippen molar-refractivity contribution in [1.29, 1.82) is 0 Å². The molecule has 1 aromatic rings. The van der Waals surface area contributed by atoms with Gasteiger partial charge in [-0.2, -0.15) is 0 Å². The van der Waals surface area contributed by atoms with Crippen LogP contribution in [0.1, 0.15) is 29.8 Å². The SMILES string of the molecule is Nc1ccc(C(=O)NC2(C(=O)O)CCC2)nc1. The van der Waals surface area contributed by atoms with Crippen LogP contribution >= 0.6 is 0 Å². The van der Waals surface area contributed by atoms with E-state index in [1.807, 2.05) is 0 Å². The number of pyridine rings is 1. The monoisotopic (exact) mass is 235 g/mol. The second kappa shape index (κ2) is 4.04. The number of aromatic nitrogens is 1. The number of nitrogen functional groups attached to an aromatic ring is 1. The zero-order valence-electron chi connectivity index (χ0n) is 9.14. The summed E-state index contributed by atoms with van der Waals surface area (Å²) in [6, 6.07) is 3.02. The quantitative estimate of drug-likeness (QED) is 0.703. The highest BCUT2D eigenvalue weighted by Crippen LogP contribution is 2.32. The van der Waals surface area contributed by atoms with Crippen molar-refractivity contribution >= 4 is 17.6 Å². The number of hydrogen-bond donors (Lipinski definition) is 3. The lowest BCUT2D eigenvalue weighted by Gasteiger charge is -2.38. The molecule has 1 saturated carbocycles. The number of carboxylic acid groups (broad SMARTS) is 1. The van der Waals surface area contributed by atoms with E-state index in [-0.39, 0.29) is 5.69 Å². The van der Waals surface area contributed by atoms with Gasteiger partial charge in [0.1, 0.15) is 11.2 Å². The Morgan fingerprint density at radius 1 is 1.41 bits per heavy atom. The second-order valence-electron chi connectivity index (χ2n) is 4.17. The van der Waals surface area contributed by atoms with Crippen molar-refractivity contribution in [3.05, 3.63) is 24.0 Å². The molecule has 0 atom stereocenters. The van der Waals surface area contributed by atoms with Crippen LogP contribution in [0.2, 0.25) is 0 Å². The number of anilines is 1. The van der Waals surface area contributed by atoms with Crippen LogP contribution in [-0.2, 0) is 4.79 Å². The van der Waals surface area contributed by atoms with Crippen molar-refractivity contribution in [2.75, 3.05) is 5.73 Å². The first-order valence-corrected chi connectivity index (χ1v) is 5.31. The molecular weight excluding hydrogens is 222 g/mol. The molecule has 0 spiro atoms. The molecule has 4 N–H and O–H groups in total. The number of nitrogens with two attached hydrogens (primary N) is 1. The number of aliphatic carboxylic acids is 1. The molecule has 1 aliphatic carbocycles. The van der Waals surface area contributed by atoms with Gasteiger partial charge >= 0.3 is 5.97 Å². The van der Waals surface area contributed by atoms with Crippen molar-refractivity contribution < 1.29 is 14.7 Å². The summed E-state index contributed by atoms with van der Waals surface area (Å²) in [7, 11) is 0. The number of carbonyl (C=O) groups is 2. The van der Waals surface area contributed by atoms with Gasteiger partial charge < -0.3 is 16.2 Å². The number of nitrogens with one attached hydrogen (secondary N) is 1. The van der Waals surface area contributed by atoms with Gasteiger partial charge in [-0.15, -0.1) is 0 Å². The van der Waals surface area contributed by atoms with Gasteiger partial charge in [-0.1, -0.05) is 0 Å². The van der Waals surface area contributed by atoms with Crippen molar-refractivity contribution in [3.63, 3.8) is 0 Å². The largest absolute Gasteiger partial charge is 0.480 e. The highest BCUT2D eigenvalue weighted by Gasteiger charge is 2.45. The molecule has 1 amide bonds. The number of rotatable bonds is 3. The molecule has 0 saturated heterocycles. The Labute approximate surface area is 97.8 Å². The topological polar surface area (TPSA) is 105 Å². The van der Waals surface area contributed by atoms with Gasteiger partial charge in [0.2, 0.25) is 0 Å². The van der Waals surface area contributed by atoms with Crippen molar-refractivity contribution in [2.45, 2.75) is 24.8 Å². The third-order valence-corrected chi connectivity index (χ3v) is 2.99. The van der Waals surface area contributed by atoms with Crippen LogP contribution < -0.4 is 11.1 Å². The molecule has 2 rings (SSSR count). The maximum Gasteiger partial charge on any atom is 0.329 e. The molecule has 0 aromatic carbocycles. The fourth-order valence-electron chi connectivity index (χ4n) is 1.74. The van der Waals surface area contributed by atoms with Crippen LogP contribution in [0.15, 0.2) is 18.3 Å². The first-order valence-electron chi connectivity index (χ1n) is 5.31. The van der Waals surface area contributed by atoms with E-state index in [2.05, 4.69) is 10.3 Å². The molecular formula is C11H13N3O3. The van der Waals surface area contributed by atoms with Crippen LogP contribution in [-0.4, -0.2) is 27.5 Å². The summed E-state index contributed by atoms with van der Waals surface area (Å²) in [4.78, 5) is 26.7. The lowest BCUT2D eigenvalue weighted by Crippen LogP contribution is -2.59. The first-order chi connectivity index (χ1) is 8.03. The van der Waals surface area contributed by atoms with Crippen LogP contribution in [0.3, 0.4) is 0 Å². The fourth-order valence-corrected chi connectivity index (χ4v) is 1.74. The molecule has 6 nitrogen and oxygen atoms in total. The summed E-state index contributed by atoms with van der Waals surface area (Å²) < 4.78 is 0. The molecule has 1 fully saturated rings. The van der Waals surface area contributed by atoms with Crippen LogP contribution in [0.5, 0.6) is 0 Å². The minimum atomic E-state index is -1.11. The van der Waals surface area contributed by atoms with Crippen molar-refractivity contribution in [1.82, 2.24) is 10.3 Å². The molecule has 6 heteroatoms. The predicted molar refractivity (Wildman–Crippen MR) is 60.3 cm³/mol. The summed E-state index contributed by atoms with van der Waals surface area (Å²) in [5, 5.41) is 11.6. The Morgan fingerprint density at radius 3 is 2.53 bits per heavy atom. The number of carboxylic acids is 1. The fraction of sp³-hybridized carbons (Fsp3) is 0.364. The van der Waals surface area contributed by atoms with Gasteiger partial charge in [-0.05, 0) is 31.4 Å². The normalized spacial score (nSPS) is 16.9. The van der Waals surface area contributed by atoms with Crippen LogP contribution in [0.25, 0.3) is 0 Å². The lowest BCUT2D eigenvalue weighted by molar-refractivity contribution is -0.148. The molecule has 0 unspecified atom stereocenters. The second-order valence-corrected chi connectivity index (χ2v) is 4.17. The van der Waals surface area contributed by atoms with E-state index in [1.54, 1.807) is 6.07 Å². The van der Waals surface area contributed by atoms with Gasteiger partial charge in [0.05, 0.1) is 11.9 Å². The van der Waals surface area contributed by atoms with Gasteiger partial charge in [-0.3, -0.25) is 4.79 Å². The summed E-state index contributed by atoms with van der Waals surface area (Å²) in [6.45, 7) is 0. The standard InChI is InChI=1S/C11H13N3O3/c12-7-2-3-8(13-6-7)9(15)14-11(10(16)17)4-1-5-11/h2-3,6H,1,4-5,12H2,(H,14,15)(H,16,17). The minimum Gasteiger partial charge on any atom is -0.480 e. The Bertz CT molecular complexity index is 452. The predicted octanol–water partition coefficient (Wildman–Crippen LogP) is 0.401. The lowest BCUT2D eigenvalue weighted by atomic mass is 9.76. The van der Waals surface area contributed by atoms with Crippen LogP contribution in [0.4, 0.5) is 5.69 Å². The summed E-state index contributed by atoms with van der Waals surface area (Å²) in [6.07, 6.45) is 3.09. The molecule has 1 aliphatic rings. The Kier molecular flexibility index (Phi) is 2.71. The number of carbonyl (C=O) groups excluding carboxylic acids is 1. The molecule has 0 bridgehead atoms. The van der Waals surface area contributed by atoms with Crippen LogP contribution in [0, 0.1) is 0 Å². The average Bonchev–Trinajstić information content (AvgIpc) is 2.23. The summed E-state index contributed by atoms with van der Waals surface area (Å²) >= 11 is 0. The third kappa shape index (κ3) is 2.06. The van der Waals surface area contributed by atoms with E-state index in [4.69, 9.17) is 10.8 Å². The third-order valence-electron chi connectivity index (χ3n) is 2.99. The summed E-state index contributed by atoms with van der Waals surface area (Å²) in [5.41, 5.74) is 4.97. The Morgan fingerprint density at radius 2 is 2.12 bits per heavy atom. The Hall–Kier alpha value is -2.11. The number of hydrogen-bond acceptors (Lipinski definition) is 4. The van der Waals surface area contributed by atoms with E-state index in [0.717, 1.165) is 6.42 Å². The van der Waals surface area contributed by atoms with Gasteiger partial charge in [0, 0.05) is 0 Å². The van der Waals surface area contributed by atoms with Crippen molar-refractivity contribution in [3.8, 4) is 0 Å². The molecule has 0 radical (unpaired) electrons.